The van der Waals surface area contributed by atoms with Crippen LogP contribution in [0.4, 0.5) is 5.82 Å². The summed E-state index contributed by atoms with van der Waals surface area (Å²) in [6.45, 7) is 7.48. The molecule has 0 radical (unpaired) electrons. The van der Waals surface area contributed by atoms with E-state index in [4.69, 9.17) is 10.7 Å². The van der Waals surface area contributed by atoms with Gasteiger partial charge in [0.2, 0.25) is 0 Å². The van der Waals surface area contributed by atoms with Crippen molar-refractivity contribution in [1.82, 2.24) is 4.98 Å². The number of nitrogens with zero attached hydrogens (tertiary/aromatic N) is 2. The molecule has 2 N–H and O–H groups in total. The van der Waals surface area contributed by atoms with Gasteiger partial charge in [0, 0.05) is 31.2 Å². The number of hydrogen-bond acceptors (Lipinski definition) is 3. The summed E-state index contributed by atoms with van der Waals surface area (Å²) < 4.78 is 0. The largest absolute Gasteiger partial charge is 0.356 e. The Morgan fingerprint density at radius 3 is 2.67 bits per heavy atom. The Balaban J connectivity index is 2.01. The van der Waals surface area contributed by atoms with Crippen LogP contribution in [0.1, 0.15) is 38.7 Å². The molecule has 112 valence electrons. The van der Waals surface area contributed by atoms with Crippen LogP contribution in [-0.4, -0.2) is 18.1 Å². The lowest BCUT2D eigenvalue weighted by Gasteiger charge is -2.25. The normalized spacial score (nSPS) is 18.7. The summed E-state index contributed by atoms with van der Waals surface area (Å²) in [5.74, 6) is 1.13. The van der Waals surface area contributed by atoms with Crippen molar-refractivity contribution in [3.8, 4) is 0 Å². The summed E-state index contributed by atoms with van der Waals surface area (Å²) in [5.41, 5.74) is 7.43. The lowest BCUT2D eigenvalue weighted by Crippen LogP contribution is -2.26. The predicted octanol–water partition coefficient (Wildman–Crippen LogP) is 3.71. The van der Waals surface area contributed by atoms with E-state index in [0.29, 0.717) is 12.0 Å². The Bertz CT molecular complexity index is 633. The quantitative estimate of drug-likeness (QED) is 0.913. The van der Waals surface area contributed by atoms with E-state index in [-0.39, 0.29) is 0 Å². The number of hydrogen-bond donors (Lipinski definition) is 1. The van der Waals surface area contributed by atoms with Crippen LogP contribution in [0.15, 0.2) is 30.5 Å². The molecule has 3 nitrogen and oxygen atoms in total. The Labute approximate surface area is 127 Å². The third-order valence-electron chi connectivity index (χ3n) is 4.72. The second-order valence-electron chi connectivity index (χ2n) is 6.86. The van der Waals surface area contributed by atoms with Crippen molar-refractivity contribution in [2.45, 2.75) is 39.7 Å². The number of anilines is 1. The minimum atomic E-state index is 0.446. The molecule has 3 heteroatoms. The van der Waals surface area contributed by atoms with Gasteiger partial charge >= 0.3 is 0 Å². The summed E-state index contributed by atoms with van der Waals surface area (Å²) in [5, 5.41) is 2.48. The second kappa shape index (κ2) is 5.64. The predicted molar refractivity (Wildman–Crippen MR) is 89.5 cm³/mol. The first-order chi connectivity index (χ1) is 10.1. The molecule has 0 spiro atoms. The zero-order valence-electron chi connectivity index (χ0n) is 13.1. The van der Waals surface area contributed by atoms with Crippen molar-refractivity contribution in [1.29, 1.82) is 0 Å². The minimum Gasteiger partial charge on any atom is -0.356 e. The van der Waals surface area contributed by atoms with Gasteiger partial charge in [-0.15, -0.1) is 0 Å². The van der Waals surface area contributed by atoms with E-state index in [1.165, 1.54) is 30.0 Å². The molecule has 0 atom stereocenters. The van der Waals surface area contributed by atoms with E-state index in [1.54, 1.807) is 0 Å². The van der Waals surface area contributed by atoms with Gasteiger partial charge in [-0.2, -0.15) is 0 Å². The molecular formula is C18H25N3. The van der Waals surface area contributed by atoms with Crippen LogP contribution in [0.3, 0.4) is 0 Å². The highest BCUT2D eigenvalue weighted by Crippen LogP contribution is 2.33. The first-order valence-electron chi connectivity index (χ1n) is 7.92. The third-order valence-corrected chi connectivity index (χ3v) is 4.72. The highest BCUT2D eigenvalue weighted by atomic mass is 15.2. The van der Waals surface area contributed by atoms with Gasteiger partial charge in [-0.05, 0) is 35.6 Å². The highest BCUT2D eigenvalue weighted by molar-refractivity contribution is 5.94. The van der Waals surface area contributed by atoms with Crippen LogP contribution in [-0.2, 0) is 6.54 Å². The summed E-state index contributed by atoms with van der Waals surface area (Å²) in [4.78, 5) is 7.19. The van der Waals surface area contributed by atoms with Gasteiger partial charge in [-0.3, -0.25) is 0 Å². The van der Waals surface area contributed by atoms with Crippen molar-refractivity contribution in [3.63, 3.8) is 0 Å². The molecule has 1 fully saturated rings. The minimum absolute atomic E-state index is 0.446. The standard InChI is InChI=1S/C18H25N3/c1-18(2)8-5-10-21(11-9-18)17-16-7-4-3-6-15(16)14(12-19)13-20-17/h3-4,6-7,13H,5,8-12,19H2,1-2H3. The molecule has 0 aliphatic carbocycles. The summed E-state index contributed by atoms with van der Waals surface area (Å²) in [6.07, 6.45) is 5.71. The van der Waals surface area contributed by atoms with E-state index >= 15 is 0 Å². The monoisotopic (exact) mass is 283 g/mol. The molecular weight excluding hydrogens is 258 g/mol. The lowest BCUT2D eigenvalue weighted by atomic mass is 9.85. The van der Waals surface area contributed by atoms with E-state index in [1.807, 2.05) is 6.20 Å². The van der Waals surface area contributed by atoms with Crippen LogP contribution in [0, 0.1) is 5.41 Å². The smallest absolute Gasteiger partial charge is 0.136 e. The van der Waals surface area contributed by atoms with Crippen LogP contribution >= 0.6 is 0 Å². The van der Waals surface area contributed by atoms with Gasteiger partial charge in [0.05, 0.1) is 0 Å². The molecule has 0 amide bonds. The number of benzene rings is 1. The molecule has 2 aromatic rings. The Morgan fingerprint density at radius 1 is 1.14 bits per heavy atom. The molecule has 0 unspecified atom stereocenters. The van der Waals surface area contributed by atoms with Crippen LogP contribution < -0.4 is 10.6 Å². The number of pyridine rings is 1. The van der Waals surface area contributed by atoms with Gasteiger partial charge in [0.15, 0.2) is 0 Å². The SMILES string of the molecule is CC1(C)CCCN(c2ncc(CN)c3ccccc23)CC1. The molecule has 2 heterocycles. The molecule has 1 aromatic heterocycles. The maximum atomic E-state index is 5.85. The number of rotatable bonds is 2. The Kier molecular flexibility index (Phi) is 3.85. The Hall–Kier alpha value is -1.61. The van der Waals surface area contributed by atoms with Crippen molar-refractivity contribution in [2.24, 2.45) is 11.1 Å². The van der Waals surface area contributed by atoms with Crippen molar-refractivity contribution in [3.05, 3.63) is 36.0 Å². The average molecular weight is 283 g/mol. The fraction of sp³-hybridized carbons (Fsp3) is 0.500. The summed E-state index contributed by atoms with van der Waals surface area (Å²) in [7, 11) is 0. The average Bonchev–Trinajstić information content (AvgIpc) is 2.67. The van der Waals surface area contributed by atoms with Gasteiger partial charge in [-0.1, -0.05) is 38.1 Å². The molecule has 21 heavy (non-hydrogen) atoms. The maximum Gasteiger partial charge on any atom is 0.136 e. The lowest BCUT2D eigenvalue weighted by molar-refractivity contribution is 0.325. The van der Waals surface area contributed by atoms with Crippen LogP contribution in [0.5, 0.6) is 0 Å². The van der Waals surface area contributed by atoms with E-state index in [2.05, 4.69) is 43.0 Å². The molecule has 0 saturated carbocycles. The van der Waals surface area contributed by atoms with Crippen molar-refractivity contribution < 1.29 is 0 Å². The van der Waals surface area contributed by atoms with E-state index in [0.717, 1.165) is 24.5 Å². The molecule has 1 aliphatic rings. The topological polar surface area (TPSA) is 42.2 Å². The van der Waals surface area contributed by atoms with Gasteiger partial charge in [0.1, 0.15) is 5.82 Å². The molecule has 3 rings (SSSR count). The fourth-order valence-electron chi connectivity index (χ4n) is 3.29. The second-order valence-corrected chi connectivity index (χ2v) is 6.86. The third kappa shape index (κ3) is 2.88. The number of fused-ring (bicyclic) bond motifs is 1. The first-order valence-corrected chi connectivity index (χ1v) is 7.92. The number of nitrogens with two attached hydrogens (primary N) is 1. The first kappa shape index (κ1) is 14.3. The molecule has 1 aliphatic heterocycles. The van der Waals surface area contributed by atoms with Crippen LogP contribution in [0.2, 0.25) is 0 Å². The van der Waals surface area contributed by atoms with Crippen LogP contribution in [0.25, 0.3) is 10.8 Å². The zero-order chi connectivity index (χ0) is 14.9. The molecule has 1 saturated heterocycles. The zero-order valence-corrected chi connectivity index (χ0v) is 13.1. The maximum absolute atomic E-state index is 5.85. The molecule has 1 aromatic carbocycles. The van der Waals surface area contributed by atoms with Crippen molar-refractivity contribution >= 4 is 16.6 Å². The fourth-order valence-corrected chi connectivity index (χ4v) is 3.29. The van der Waals surface area contributed by atoms with Gasteiger partial charge < -0.3 is 10.6 Å². The van der Waals surface area contributed by atoms with Crippen molar-refractivity contribution in [2.75, 3.05) is 18.0 Å². The van der Waals surface area contributed by atoms with Gasteiger partial charge in [-0.25, -0.2) is 4.98 Å². The summed E-state index contributed by atoms with van der Waals surface area (Å²) >= 11 is 0. The highest BCUT2D eigenvalue weighted by Gasteiger charge is 2.24. The van der Waals surface area contributed by atoms with E-state index in [9.17, 15) is 0 Å². The van der Waals surface area contributed by atoms with Gasteiger partial charge in [0.25, 0.3) is 0 Å². The Morgan fingerprint density at radius 2 is 1.90 bits per heavy atom. The number of aromatic nitrogens is 1. The summed E-state index contributed by atoms with van der Waals surface area (Å²) in [6, 6.07) is 8.50. The van der Waals surface area contributed by atoms with E-state index < -0.39 is 0 Å². The molecule has 0 bridgehead atoms.